The van der Waals surface area contributed by atoms with Gasteiger partial charge in [-0.05, 0) is 36.6 Å². The van der Waals surface area contributed by atoms with Crippen LogP contribution in [0.3, 0.4) is 0 Å². The van der Waals surface area contributed by atoms with Crippen LogP contribution in [0.25, 0.3) is 0 Å². The Labute approximate surface area is 117 Å². The van der Waals surface area contributed by atoms with Gasteiger partial charge in [-0.3, -0.25) is 0 Å². The van der Waals surface area contributed by atoms with Crippen molar-refractivity contribution in [2.45, 2.75) is 25.3 Å². The molecule has 1 heterocycles. The second-order valence-corrected chi connectivity index (χ2v) is 5.08. The molecule has 0 aliphatic rings. The predicted molar refractivity (Wildman–Crippen MR) is 75.2 cm³/mol. The van der Waals surface area contributed by atoms with Crippen molar-refractivity contribution in [3.05, 3.63) is 58.0 Å². The number of halogens is 2. The summed E-state index contributed by atoms with van der Waals surface area (Å²) in [5.74, 6) is 0.961. The fourth-order valence-electron chi connectivity index (χ4n) is 1.87. The lowest BCUT2D eigenvalue weighted by Crippen LogP contribution is -2.23. The quantitative estimate of drug-likeness (QED) is 0.898. The zero-order valence-corrected chi connectivity index (χ0v) is 11.4. The Balaban J connectivity index is 1.90. The van der Waals surface area contributed by atoms with Gasteiger partial charge in [0.1, 0.15) is 5.76 Å². The SMILES string of the molecule is NC(CCc1ccco1)Cc1cccc(Cl)c1Cl. The molecule has 1 atom stereocenters. The van der Waals surface area contributed by atoms with E-state index in [4.69, 9.17) is 33.4 Å². The second-order valence-electron chi connectivity index (χ2n) is 4.30. The molecule has 4 heteroatoms. The van der Waals surface area contributed by atoms with Crippen LogP contribution in [0.2, 0.25) is 10.0 Å². The van der Waals surface area contributed by atoms with Crippen LogP contribution in [-0.2, 0) is 12.8 Å². The Morgan fingerprint density at radius 3 is 2.72 bits per heavy atom. The zero-order valence-electron chi connectivity index (χ0n) is 9.90. The van der Waals surface area contributed by atoms with E-state index in [2.05, 4.69) is 0 Å². The van der Waals surface area contributed by atoms with E-state index in [9.17, 15) is 0 Å². The van der Waals surface area contributed by atoms with Gasteiger partial charge in [0.2, 0.25) is 0 Å². The smallest absolute Gasteiger partial charge is 0.103 e. The number of benzene rings is 1. The van der Waals surface area contributed by atoms with Gasteiger partial charge in [-0.15, -0.1) is 0 Å². The average molecular weight is 284 g/mol. The first-order chi connectivity index (χ1) is 8.66. The minimum absolute atomic E-state index is 0.0473. The molecule has 1 aromatic heterocycles. The van der Waals surface area contributed by atoms with E-state index in [1.165, 1.54) is 0 Å². The van der Waals surface area contributed by atoms with Gasteiger partial charge >= 0.3 is 0 Å². The van der Waals surface area contributed by atoms with Crippen molar-refractivity contribution in [1.29, 1.82) is 0 Å². The fraction of sp³-hybridized carbons (Fsp3) is 0.286. The van der Waals surface area contributed by atoms with Crippen molar-refractivity contribution in [2.75, 3.05) is 0 Å². The molecule has 0 fully saturated rings. The van der Waals surface area contributed by atoms with Crippen LogP contribution in [0.4, 0.5) is 0 Å². The second kappa shape index (κ2) is 6.28. The maximum atomic E-state index is 6.13. The van der Waals surface area contributed by atoms with Gasteiger partial charge in [-0.2, -0.15) is 0 Å². The van der Waals surface area contributed by atoms with Gasteiger partial charge < -0.3 is 10.2 Å². The molecule has 1 aromatic carbocycles. The van der Waals surface area contributed by atoms with E-state index in [0.29, 0.717) is 10.0 Å². The number of hydrogen-bond acceptors (Lipinski definition) is 2. The fourth-order valence-corrected chi connectivity index (χ4v) is 2.27. The van der Waals surface area contributed by atoms with Crippen molar-refractivity contribution in [3.63, 3.8) is 0 Å². The van der Waals surface area contributed by atoms with E-state index < -0.39 is 0 Å². The highest BCUT2D eigenvalue weighted by atomic mass is 35.5. The number of aryl methyl sites for hydroxylation is 1. The Kier molecular flexibility index (Phi) is 4.70. The normalized spacial score (nSPS) is 12.6. The molecule has 2 N–H and O–H groups in total. The lowest BCUT2D eigenvalue weighted by Gasteiger charge is -2.12. The first kappa shape index (κ1) is 13.5. The largest absolute Gasteiger partial charge is 0.469 e. The predicted octanol–water partition coefficient (Wildman–Crippen LogP) is 4.09. The summed E-state index contributed by atoms with van der Waals surface area (Å²) in [6.07, 6.45) is 4.09. The summed E-state index contributed by atoms with van der Waals surface area (Å²) in [5, 5.41) is 1.18. The number of hydrogen-bond donors (Lipinski definition) is 1. The van der Waals surface area contributed by atoms with Crippen molar-refractivity contribution in [3.8, 4) is 0 Å². The van der Waals surface area contributed by atoms with Gasteiger partial charge in [-0.1, -0.05) is 35.3 Å². The monoisotopic (exact) mass is 283 g/mol. The van der Waals surface area contributed by atoms with E-state index in [-0.39, 0.29) is 6.04 Å². The third-order valence-corrected chi connectivity index (χ3v) is 3.71. The van der Waals surface area contributed by atoms with E-state index >= 15 is 0 Å². The molecule has 96 valence electrons. The van der Waals surface area contributed by atoms with Crippen LogP contribution >= 0.6 is 23.2 Å². The van der Waals surface area contributed by atoms with Gasteiger partial charge in [0.05, 0.1) is 16.3 Å². The molecule has 0 saturated carbocycles. The van der Waals surface area contributed by atoms with Crippen LogP contribution in [0.5, 0.6) is 0 Å². The molecule has 0 aliphatic heterocycles. The van der Waals surface area contributed by atoms with Crippen molar-refractivity contribution in [2.24, 2.45) is 5.73 Å². The first-order valence-electron chi connectivity index (χ1n) is 5.87. The van der Waals surface area contributed by atoms with Crippen LogP contribution in [0, 0.1) is 0 Å². The lowest BCUT2D eigenvalue weighted by atomic mass is 10.0. The van der Waals surface area contributed by atoms with Crippen LogP contribution in [-0.4, -0.2) is 6.04 Å². The highest BCUT2D eigenvalue weighted by Gasteiger charge is 2.10. The highest BCUT2D eigenvalue weighted by Crippen LogP contribution is 2.26. The molecule has 2 rings (SSSR count). The Morgan fingerprint density at radius 2 is 2.00 bits per heavy atom. The van der Waals surface area contributed by atoms with E-state index in [0.717, 1.165) is 30.6 Å². The van der Waals surface area contributed by atoms with Crippen molar-refractivity contribution in [1.82, 2.24) is 0 Å². The lowest BCUT2D eigenvalue weighted by molar-refractivity contribution is 0.484. The molecule has 0 spiro atoms. The maximum Gasteiger partial charge on any atom is 0.103 e. The molecule has 0 aliphatic carbocycles. The van der Waals surface area contributed by atoms with Crippen LogP contribution < -0.4 is 5.73 Å². The summed E-state index contributed by atoms with van der Waals surface area (Å²) in [5.41, 5.74) is 7.09. The van der Waals surface area contributed by atoms with Crippen molar-refractivity contribution >= 4 is 23.2 Å². The van der Waals surface area contributed by atoms with Crippen LogP contribution in [0.15, 0.2) is 41.0 Å². The third-order valence-electron chi connectivity index (χ3n) is 2.86. The van der Waals surface area contributed by atoms with Gasteiger partial charge in [0.25, 0.3) is 0 Å². The molecule has 0 saturated heterocycles. The summed E-state index contributed by atoms with van der Waals surface area (Å²) < 4.78 is 5.27. The molecule has 0 bridgehead atoms. The Morgan fingerprint density at radius 1 is 1.17 bits per heavy atom. The summed E-state index contributed by atoms with van der Waals surface area (Å²) in [6, 6.07) is 9.52. The molecule has 0 amide bonds. The van der Waals surface area contributed by atoms with E-state index in [1.54, 1.807) is 12.3 Å². The van der Waals surface area contributed by atoms with E-state index in [1.807, 2.05) is 24.3 Å². The number of nitrogens with two attached hydrogens (primary N) is 1. The molecule has 1 unspecified atom stereocenters. The standard InChI is InChI=1S/C14H15Cl2NO/c15-13-5-1-3-10(14(13)16)9-11(17)6-7-12-4-2-8-18-12/h1-5,8,11H,6-7,9,17H2. The Hall–Kier alpha value is -0.960. The Bertz CT molecular complexity index is 497. The zero-order chi connectivity index (χ0) is 13.0. The summed E-state index contributed by atoms with van der Waals surface area (Å²) in [4.78, 5) is 0. The highest BCUT2D eigenvalue weighted by molar-refractivity contribution is 6.42. The van der Waals surface area contributed by atoms with Gasteiger partial charge in [-0.25, -0.2) is 0 Å². The third kappa shape index (κ3) is 3.52. The minimum atomic E-state index is 0.0473. The molecular weight excluding hydrogens is 269 g/mol. The summed E-state index contributed by atoms with van der Waals surface area (Å²) in [6.45, 7) is 0. The maximum absolute atomic E-state index is 6.13. The topological polar surface area (TPSA) is 39.2 Å². The molecular formula is C14H15Cl2NO. The summed E-state index contributed by atoms with van der Waals surface area (Å²) >= 11 is 12.1. The van der Waals surface area contributed by atoms with Gasteiger partial charge in [0.15, 0.2) is 0 Å². The minimum Gasteiger partial charge on any atom is -0.469 e. The van der Waals surface area contributed by atoms with Crippen LogP contribution in [0.1, 0.15) is 17.7 Å². The summed E-state index contributed by atoms with van der Waals surface area (Å²) in [7, 11) is 0. The molecule has 2 aromatic rings. The first-order valence-corrected chi connectivity index (χ1v) is 6.63. The molecule has 2 nitrogen and oxygen atoms in total. The molecule has 0 radical (unpaired) electrons. The number of rotatable bonds is 5. The molecule has 18 heavy (non-hydrogen) atoms. The van der Waals surface area contributed by atoms with Gasteiger partial charge in [0, 0.05) is 12.5 Å². The van der Waals surface area contributed by atoms with Crippen molar-refractivity contribution < 1.29 is 4.42 Å². The average Bonchev–Trinajstić information content (AvgIpc) is 2.86. The number of furan rings is 1.